The van der Waals surface area contributed by atoms with Crippen molar-refractivity contribution in [3.63, 3.8) is 0 Å². The van der Waals surface area contributed by atoms with Crippen LogP contribution in [0.15, 0.2) is 47.4 Å². The lowest BCUT2D eigenvalue weighted by Gasteiger charge is -2.22. The molecule has 0 spiro atoms. The van der Waals surface area contributed by atoms with E-state index in [1.54, 1.807) is 35.9 Å². The van der Waals surface area contributed by atoms with Crippen LogP contribution in [0.3, 0.4) is 0 Å². The van der Waals surface area contributed by atoms with E-state index in [1.807, 2.05) is 32.3 Å². The number of carbonyl (C=O) groups is 1. The summed E-state index contributed by atoms with van der Waals surface area (Å²) in [5.74, 6) is 1.65. The molecular weight excluding hydrogens is 438 g/mol. The summed E-state index contributed by atoms with van der Waals surface area (Å²) in [4.78, 5) is 22.9. The maximum absolute atomic E-state index is 13.1. The first-order valence-corrected chi connectivity index (χ1v) is 11.9. The first-order valence-electron chi connectivity index (χ1n) is 9.75. The summed E-state index contributed by atoms with van der Waals surface area (Å²) in [7, 11) is 5.61. The van der Waals surface area contributed by atoms with Gasteiger partial charge in [0, 0.05) is 24.4 Å². The van der Waals surface area contributed by atoms with Crippen molar-refractivity contribution in [2.45, 2.75) is 17.7 Å². The summed E-state index contributed by atoms with van der Waals surface area (Å²) in [5.41, 5.74) is 0.701. The molecule has 0 aliphatic heterocycles. The number of thiazole rings is 1. The summed E-state index contributed by atoms with van der Waals surface area (Å²) >= 11 is 9.58. The van der Waals surface area contributed by atoms with Gasteiger partial charge >= 0.3 is 0 Å². The highest BCUT2D eigenvalue weighted by atomic mass is 35.5. The van der Waals surface area contributed by atoms with Gasteiger partial charge in [0.25, 0.3) is 0 Å². The number of halogens is 1. The molecule has 0 aliphatic carbocycles. The van der Waals surface area contributed by atoms with Crippen LogP contribution in [0.5, 0.6) is 5.75 Å². The van der Waals surface area contributed by atoms with Crippen LogP contribution in [0.25, 0.3) is 10.2 Å². The van der Waals surface area contributed by atoms with Crippen molar-refractivity contribution >= 4 is 56.0 Å². The Labute approximate surface area is 191 Å². The van der Waals surface area contributed by atoms with Crippen molar-refractivity contribution in [3.8, 4) is 5.75 Å². The average Bonchev–Trinajstić information content (AvgIpc) is 3.18. The van der Waals surface area contributed by atoms with Crippen LogP contribution in [-0.4, -0.2) is 55.8 Å². The molecule has 30 heavy (non-hydrogen) atoms. The van der Waals surface area contributed by atoms with E-state index in [0.717, 1.165) is 23.4 Å². The van der Waals surface area contributed by atoms with Crippen molar-refractivity contribution in [3.05, 3.63) is 47.5 Å². The molecule has 0 saturated carbocycles. The van der Waals surface area contributed by atoms with Gasteiger partial charge in [-0.2, -0.15) is 0 Å². The van der Waals surface area contributed by atoms with E-state index < -0.39 is 0 Å². The number of amides is 1. The number of hydrogen-bond donors (Lipinski definition) is 0. The molecule has 1 aromatic heterocycles. The Morgan fingerprint density at radius 1 is 1.17 bits per heavy atom. The zero-order valence-corrected chi connectivity index (χ0v) is 19.8. The number of benzene rings is 2. The average molecular weight is 464 g/mol. The van der Waals surface area contributed by atoms with Gasteiger partial charge in [-0.25, -0.2) is 4.98 Å². The van der Waals surface area contributed by atoms with Gasteiger partial charge in [-0.1, -0.05) is 41.1 Å². The quantitative estimate of drug-likeness (QED) is 0.296. The van der Waals surface area contributed by atoms with Gasteiger partial charge in [0.15, 0.2) is 5.13 Å². The lowest BCUT2D eigenvalue weighted by atomic mass is 10.3. The zero-order valence-electron chi connectivity index (χ0n) is 17.4. The molecule has 1 amide bonds. The molecule has 160 valence electrons. The van der Waals surface area contributed by atoms with E-state index in [1.165, 1.54) is 16.2 Å². The zero-order chi connectivity index (χ0) is 21.5. The fourth-order valence-electron chi connectivity index (χ4n) is 2.91. The van der Waals surface area contributed by atoms with E-state index in [4.69, 9.17) is 21.3 Å². The molecule has 0 bridgehead atoms. The van der Waals surface area contributed by atoms with E-state index in [-0.39, 0.29) is 5.91 Å². The fraction of sp³-hybridized carbons (Fsp3) is 0.364. The summed E-state index contributed by atoms with van der Waals surface area (Å²) in [6.07, 6.45) is 1.29. The Morgan fingerprint density at radius 3 is 2.63 bits per heavy atom. The van der Waals surface area contributed by atoms with Crippen molar-refractivity contribution in [1.29, 1.82) is 0 Å². The number of likely N-dealkylation sites (N-methyl/N-ethyl adjacent to an activating group) is 1. The van der Waals surface area contributed by atoms with Crippen LogP contribution in [0.1, 0.15) is 12.8 Å². The normalized spacial score (nSPS) is 11.2. The minimum absolute atomic E-state index is 0.0830. The first kappa shape index (κ1) is 22.9. The molecular formula is C22H26ClN3O2S2. The third-order valence-corrected chi connectivity index (χ3v) is 7.15. The third-order valence-electron chi connectivity index (χ3n) is 4.52. The molecule has 0 radical (unpaired) electrons. The Balaban J connectivity index is 1.72. The van der Waals surface area contributed by atoms with Crippen LogP contribution in [0.4, 0.5) is 5.13 Å². The lowest BCUT2D eigenvalue weighted by Crippen LogP contribution is -2.36. The van der Waals surface area contributed by atoms with Crippen molar-refractivity contribution in [1.82, 2.24) is 9.88 Å². The van der Waals surface area contributed by atoms with Crippen molar-refractivity contribution < 1.29 is 9.53 Å². The molecule has 0 atom stereocenters. The first-order chi connectivity index (χ1) is 14.5. The van der Waals surface area contributed by atoms with Crippen molar-refractivity contribution in [2.75, 3.05) is 44.9 Å². The minimum Gasteiger partial charge on any atom is -0.494 e. The predicted octanol–water partition coefficient (Wildman–Crippen LogP) is 5.43. The molecule has 0 aliphatic rings. The van der Waals surface area contributed by atoms with Gasteiger partial charge < -0.3 is 9.64 Å². The fourth-order valence-corrected chi connectivity index (χ4v) is 5.09. The largest absolute Gasteiger partial charge is 0.494 e. The summed E-state index contributed by atoms with van der Waals surface area (Å²) in [6, 6.07) is 13.9. The second-order valence-electron chi connectivity index (χ2n) is 7.04. The Hall–Kier alpha value is -1.80. The number of aromatic nitrogens is 1. The summed E-state index contributed by atoms with van der Waals surface area (Å²) < 4.78 is 6.27. The summed E-state index contributed by atoms with van der Waals surface area (Å²) in [5, 5.41) is 1.28. The number of nitrogens with zero attached hydrogens (tertiary/aromatic N) is 3. The number of rotatable bonds is 10. The smallest absolute Gasteiger partial charge is 0.228 e. The number of carbonyl (C=O) groups excluding carboxylic acids is 1. The van der Waals surface area contributed by atoms with Crippen molar-refractivity contribution in [2.24, 2.45) is 0 Å². The van der Waals surface area contributed by atoms with Crippen LogP contribution in [0.2, 0.25) is 5.02 Å². The number of anilines is 1. The minimum atomic E-state index is 0.0830. The van der Waals surface area contributed by atoms with E-state index in [2.05, 4.69) is 17.0 Å². The summed E-state index contributed by atoms with van der Waals surface area (Å²) in [6.45, 7) is 1.34. The highest BCUT2D eigenvalue weighted by Crippen LogP contribution is 2.38. The van der Waals surface area contributed by atoms with Gasteiger partial charge in [-0.05, 0) is 50.5 Å². The van der Waals surface area contributed by atoms with Crippen LogP contribution in [0, 0.1) is 0 Å². The van der Waals surface area contributed by atoms with Gasteiger partial charge in [0.1, 0.15) is 11.3 Å². The van der Waals surface area contributed by atoms with Gasteiger partial charge in [-0.15, -0.1) is 11.8 Å². The number of thioether (sulfide) groups is 1. The standard InChI is InChI=1S/C22H26ClN3O2S2/c1-25(2)13-14-26(19(27)10-7-15-29-16-8-5-4-6-9-16)22-24-20-18(28-3)12-11-17(23)21(20)30-22/h4-6,8-9,11-12H,7,10,13-15H2,1-3H3. The molecule has 0 unspecified atom stereocenters. The number of hydrogen-bond acceptors (Lipinski definition) is 6. The third kappa shape index (κ3) is 5.88. The van der Waals surface area contributed by atoms with Crippen LogP contribution >= 0.6 is 34.7 Å². The van der Waals surface area contributed by atoms with E-state index in [9.17, 15) is 4.79 Å². The monoisotopic (exact) mass is 463 g/mol. The number of fused-ring (bicyclic) bond motifs is 1. The maximum atomic E-state index is 13.1. The molecule has 0 N–H and O–H groups in total. The van der Waals surface area contributed by atoms with Crippen LogP contribution in [-0.2, 0) is 4.79 Å². The Kier molecular flexibility index (Phi) is 8.39. The van der Waals surface area contributed by atoms with Gasteiger partial charge in [0.05, 0.1) is 16.8 Å². The lowest BCUT2D eigenvalue weighted by molar-refractivity contribution is -0.118. The number of methoxy groups -OCH3 is 1. The molecule has 3 rings (SSSR count). The maximum Gasteiger partial charge on any atom is 0.228 e. The van der Waals surface area contributed by atoms with Crippen LogP contribution < -0.4 is 9.64 Å². The SMILES string of the molecule is COc1ccc(Cl)c2sc(N(CCN(C)C)C(=O)CCCSc3ccccc3)nc12. The highest BCUT2D eigenvalue weighted by Gasteiger charge is 2.21. The molecule has 0 saturated heterocycles. The van der Waals surface area contributed by atoms with E-state index in [0.29, 0.717) is 34.4 Å². The molecule has 5 nitrogen and oxygen atoms in total. The molecule has 8 heteroatoms. The highest BCUT2D eigenvalue weighted by molar-refractivity contribution is 7.99. The van der Waals surface area contributed by atoms with Gasteiger partial charge in [0.2, 0.25) is 5.91 Å². The Bertz CT molecular complexity index is 979. The topological polar surface area (TPSA) is 45.7 Å². The Morgan fingerprint density at radius 2 is 1.93 bits per heavy atom. The molecule has 1 heterocycles. The second kappa shape index (κ2) is 11.0. The molecule has 3 aromatic rings. The predicted molar refractivity (Wildman–Crippen MR) is 128 cm³/mol. The molecule has 0 fully saturated rings. The second-order valence-corrected chi connectivity index (χ2v) is 9.59. The molecule has 2 aromatic carbocycles. The number of ether oxygens (including phenoxy) is 1. The van der Waals surface area contributed by atoms with Gasteiger partial charge in [-0.3, -0.25) is 9.69 Å². The van der Waals surface area contributed by atoms with E-state index >= 15 is 0 Å².